The van der Waals surface area contributed by atoms with Gasteiger partial charge in [-0.3, -0.25) is 0 Å². The topological polar surface area (TPSA) is 62.5 Å². The third-order valence-corrected chi connectivity index (χ3v) is 2.50. The maximum Gasteiger partial charge on any atom is 0.174 e. The van der Waals surface area contributed by atoms with Gasteiger partial charge in [-0.25, -0.2) is 0 Å². The van der Waals surface area contributed by atoms with E-state index >= 15 is 0 Å². The summed E-state index contributed by atoms with van der Waals surface area (Å²) in [7, 11) is 1.49. The van der Waals surface area contributed by atoms with E-state index in [0.717, 1.165) is 0 Å². The van der Waals surface area contributed by atoms with Crippen molar-refractivity contribution in [2.24, 2.45) is 0 Å². The lowest BCUT2D eigenvalue weighted by molar-refractivity contribution is 0.0749. The first-order valence-corrected chi connectivity index (χ1v) is 5.38. The van der Waals surface area contributed by atoms with Gasteiger partial charge < -0.3 is 14.6 Å². The van der Waals surface area contributed by atoms with Crippen LogP contribution in [0.2, 0.25) is 5.02 Å². The molecule has 0 saturated heterocycles. The summed E-state index contributed by atoms with van der Waals surface area (Å²) in [6.07, 6.45) is 0. The van der Waals surface area contributed by atoms with Crippen LogP contribution in [-0.4, -0.2) is 18.8 Å². The largest absolute Gasteiger partial charge is 0.495 e. The third kappa shape index (κ3) is 3.26. The summed E-state index contributed by atoms with van der Waals surface area (Å²) in [5.41, 5.74) is -0.586. The molecular formula is C12H14ClNO3. The second kappa shape index (κ2) is 5.26. The Hall–Kier alpha value is -1.44. The predicted octanol–water partition coefficient (Wildman–Crippen LogP) is 2.48. The number of nitrogens with zero attached hydrogens (tertiary/aromatic N) is 1. The van der Waals surface area contributed by atoms with Crippen molar-refractivity contribution in [3.63, 3.8) is 0 Å². The molecule has 0 aliphatic heterocycles. The minimum atomic E-state index is -1.11. The number of halogens is 1. The molecule has 0 amide bonds. The lowest BCUT2D eigenvalue weighted by Gasteiger charge is -2.22. The summed E-state index contributed by atoms with van der Waals surface area (Å²) in [6, 6.07) is 5.00. The van der Waals surface area contributed by atoms with Gasteiger partial charge in [0.15, 0.2) is 6.61 Å². The van der Waals surface area contributed by atoms with Gasteiger partial charge in [0, 0.05) is 11.6 Å². The Balaban J connectivity index is 3.27. The van der Waals surface area contributed by atoms with Crippen LogP contribution in [0, 0.1) is 11.3 Å². The van der Waals surface area contributed by atoms with Crippen molar-refractivity contribution in [3.8, 4) is 17.6 Å². The van der Waals surface area contributed by atoms with Gasteiger partial charge in [-0.2, -0.15) is 5.26 Å². The standard InChI is InChI=1S/C12H14ClNO3/c1-12(2,15)8-6-11(16-3)9(13)7-10(8)17-5-4-14/h6-7,15H,5H2,1-3H3. The molecule has 0 radical (unpaired) electrons. The molecule has 17 heavy (non-hydrogen) atoms. The molecule has 1 aromatic carbocycles. The highest BCUT2D eigenvalue weighted by Gasteiger charge is 2.23. The third-order valence-electron chi connectivity index (χ3n) is 2.21. The van der Waals surface area contributed by atoms with Crippen LogP contribution >= 0.6 is 11.6 Å². The maximum atomic E-state index is 10.0. The molecule has 0 aliphatic rings. The molecule has 0 fully saturated rings. The SMILES string of the molecule is COc1cc(C(C)(C)O)c(OCC#N)cc1Cl. The van der Waals surface area contributed by atoms with Gasteiger partial charge >= 0.3 is 0 Å². The van der Waals surface area contributed by atoms with Crippen molar-refractivity contribution in [1.82, 2.24) is 0 Å². The summed E-state index contributed by atoms with van der Waals surface area (Å²) >= 11 is 5.96. The maximum absolute atomic E-state index is 10.0. The molecule has 5 heteroatoms. The van der Waals surface area contributed by atoms with E-state index < -0.39 is 5.60 Å². The molecule has 0 heterocycles. The average Bonchev–Trinajstić information content (AvgIpc) is 2.24. The highest BCUT2D eigenvalue weighted by Crippen LogP contribution is 2.37. The molecule has 0 spiro atoms. The van der Waals surface area contributed by atoms with Gasteiger partial charge in [-0.1, -0.05) is 11.6 Å². The van der Waals surface area contributed by atoms with Gasteiger partial charge in [-0.15, -0.1) is 0 Å². The van der Waals surface area contributed by atoms with Crippen molar-refractivity contribution < 1.29 is 14.6 Å². The zero-order valence-electron chi connectivity index (χ0n) is 9.95. The Morgan fingerprint density at radius 1 is 1.41 bits per heavy atom. The lowest BCUT2D eigenvalue weighted by atomic mass is 9.97. The van der Waals surface area contributed by atoms with Crippen LogP contribution in [0.1, 0.15) is 19.4 Å². The van der Waals surface area contributed by atoms with E-state index in [9.17, 15) is 5.11 Å². The first-order valence-electron chi connectivity index (χ1n) is 5.00. The summed E-state index contributed by atoms with van der Waals surface area (Å²) in [4.78, 5) is 0. The number of hydrogen-bond acceptors (Lipinski definition) is 4. The van der Waals surface area contributed by atoms with Crippen LogP contribution < -0.4 is 9.47 Å². The van der Waals surface area contributed by atoms with E-state index in [-0.39, 0.29) is 6.61 Å². The zero-order chi connectivity index (χ0) is 13.1. The molecule has 0 saturated carbocycles. The van der Waals surface area contributed by atoms with Crippen molar-refractivity contribution >= 4 is 11.6 Å². The number of methoxy groups -OCH3 is 1. The molecule has 4 nitrogen and oxygen atoms in total. The fourth-order valence-corrected chi connectivity index (χ4v) is 1.63. The molecule has 0 unspecified atom stereocenters. The first kappa shape index (κ1) is 13.6. The summed E-state index contributed by atoms with van der Waals surface area (Å²) in [5.74, 6) is 0.831. The molecule has 1 rings (SSSR count). The van der Waals surface area contributed by atoms with Crippen LogP contribution in [0.4, 0.5) is 0 Å². The first-order chi connectivity index (χ1) is 7.90. The van der Waals surface area contributed by atoms with Gasteiger partial charge in [0.1, 0.15) is 17.6 Å². The summed E-state index contributed by atoms with van der Waals surface area (Å²) in [6.45, 7) is 3.13. The van der Waals surface area contributed by atoms with E-state index in [1.165, 1.54) is 13.2 Å². The number of ether oxygens (including phenoxy) is 2. The zero-order valence-corrected chi connectivity index (χ0v) is 10.7. The molecule has 1 aromatic rings. The van der Waals surface area contributed by atoms with E-state index in [1.54, 1.807) is 19.9 Å². The van der Waals surface area contributed by atoms with Gasteiger partial charge in [-0.05, 0) is 19.9 Å². The minimum Gasteiger partial charge on any atom is -0.495 e. The predicted molar refractivity (Wildman–Crippen MR) is 64.4 cm³/mol. The Morgan fingerprint density at radius 3 is 2.53 bits per heavy atom. The van der Waals surface area contributed by atoms with Gasteiger partial charge in [0.2, 0.25) is 0 Å². The average molecular weight is 256 g/mol. The lowest BCUT2D eigenvalue weighted by Crippen LogP contribution is -2.17. The van der Waals surface area contributed by atoms with Crippen LogP contribution in [-0.2, 0) is 5.60 Å². The van der Waals surface area contributed by atoms with Gasteiger partial charge in [0.05, 0.1) is 17.7 Å². The fourth-order valence-electron chi connectivity index (χ4n) is 1.40. The molecular weight excluding hydrogens is 242 g/mol. The smallest absolute Gasteiger partial charge is 0.174 e. The second-order valence-electron chi connectivity index (χ2n) is 3.99. The van der Waals surface area contributed by atoms with Crippen LogP contribution in [0.3, 0.4) is 0 Å². The van der Waals surface area contributed by atoms with E-state index in [0.29, 0.717) is 22.1 Å². The highest BCUT2D eigenvalue weighted by molar-refractivity contribution is 6.32. The van der Waals surface area contributed by atoms with E-state index in [4.69, 9.17) is 26.3 Å². The number of hydrogen-bond donors (Lipinski definition) is 1. The second-order valence-corrected chi connectivity index (χ2v) is 4.40. The van der Waals surface area contributed by atoms with Gasteiger partial charge in [0.25, 0.3) is 0 Å². The molecule has 92 valence electrons. The van der Waals surface area contributed by atoms with Crippen molar-refractivity contribution in [2.45, 2.75) is 19.4 Å². The normalized spacial score (nSPS) is 10.8. The monoisotopic (exact) mass is 255 g/mol. The minimum absolute atomic E-state index is 0.105. The Labute approximate surface area is 105 Å². The quantitative estimate of drug-likeness (QED) is 0.898. The van der Waals surface area contributed by atoms with Crippen molar-refractivity contribution in [1.29, 1.82) is 5.26 Å². The number of nitriles is 1. The van der Waals surface area contributed by atoms with Crippen molar-refractivity contribution in [2.75, 3.05) is 13.7 Å². The Morgan fingerprint density at radius 2 is 2.06 bits per heavy atom. The molecule has 1 N–H and O–H groups in total. The number of rotatable bonds is 4. The number of aliphatic hydroxyl groups is 1. The molecule has 0 aromatic heterocycles. The van der Waals surface area contributed by atoms with E-state index in [2.05, 4.69) is 0 Å². The summed E-state index contributed by atoms with van der Waals surface area (Å²) in [5, 5.41) is 18.9. The fraction of sp³-hybridized carbons (Fsp3) is 0.417. The van der Waals surface area contributed by atoms with E-state index in [1.807, 2.05) is 6.07 Å². The Kier molecular flexibility index (Phi) is 4.22. The van der Waals surface area contributed by atoms with Crippen LogP contribution in [0.25, 0.3) is 0 Å². The summed E-state index contributed by atoms with van der Waals surface area (Å²) < 4.78 is 10.3. The Bertz CT molecular complexity index is 446. The molecule has 0 atom stereocenters. The molecule has 0 aliphatic carbocycles. The highest BCUT2D eigenvalue weighted by atomic mass is 35.5. The van der Waals surface area contributed by atoms with Crippen LogP contribution in [0.5, 0.6) is 11.5 Å². The van der Waals surface area contributed by atoms with Crippen molar-refractivity contribution in [3.05, 3.63) is 22.7 Å². The van der Waals surface area contributed by atoms with Crippen LogP contribution in [0.15, 0.2) is 12.1 Å². The molecule has 0 bridgehead atoms. The number of benzene rings is 1.